The standard InChI is InChI=1S/C11H20N2O3/c1-11(2,3)16-10(15)13-6-7-4-8(12)9(14)5-7/h6-9,14H,4-5,12H2,1-3H3/b13-6+/t7?,8-,9-/m1/s1. The molecule has 0 radical (unpaired) electrons. The third-order valence-electron chi connectivity index (χ3n) is 2.40. The summed E-state index contributed by atoms with van der Waals surface area (Å²) in [7, 11) is 0. The van der Waals surface area contributed by atoms with Crippen LogP contribution in [-0.4, -0.2) is 35.2 Å². The van der Waals surface area contributed by atoms with Crippen LogP contribution in [0.15, 0.2) is 4.99 Å². The van der Waals surface area contributed by atoms with Crippen LogP contribution in [0.2, 0.25) is 0 Å². The van der Waals surface area contributed by atoms with Crippen LogP contribution in [0.3, 0.4) is 0 Å². The maximum absolute atomic E-state index is 11.3. The van der Waals surface area contributed by atoms with Crippen molar-refractivity contribution in [3.63, 3.8) is 0 Å². The molecule has 16 heavy (non-hydrogen) atoms. The Morgan fingerprint density at radius 3 is 2.56 bits per heavy atom. The largest absolute Gasteiger partial charge is 0.442 e. The molecule has 92 valence electrons. The van der Waals surface area contributed by atoms with Crippen LogP contribution >= 0.6 is 0 Å². The number of aliphatic imine (C=N–C) groups is 1. The molecule has 0 heterocycles. The average molecular weight is 228 g/mol. The van der Waals surface area contributed by atoms with Crippen molar-refractivity contribution in [1.29, 1.82) is 0 Å². The molecular weight excluding hydrogens is 208 g/mol. The summed E-state index contributed by atoms with van der Waals surface area (Å²) in [6, 6.07) is -0.213. The maximum atomic E-state index is 11.3. The second-order valence-electron chi connectivity index (χ2n) is 5.22. The number of hydrogen-bond donors (Lipinski definition) is 2. The fourth-order valence-corrected chi connectivity index (χ4v) is 1.66. The minimum absolute atomic E-state index is 0.0671. The molecule has 5 heteroatoms. The number of aliphatic hydroxyl groups is 1. The molecule has 1 rings (SSSR count). The molecule has 0 aromatic rings. The first-order chi connectivity index (χ1) is 7.28. The molecule has 3 atom stereocenters. The second kappa shape index (κ2) is 4.93. The predicted molar refractivity (Wildman–Crippen MR) is 61.4 cm³/mol. The Bertz CT molecular complexity index is 273. The van der Waals surface area contributed by atoms with Gasteiger partial charge in [-0.3, -0.25) is 0 Å². The molecule has 3 N–H and O–H groups in total. The van der Waals surface area contributed by atoms with E-state index < -0.39 is 17.8 Å². The molecule has 0 aromatic carbocycles. The number of carbonyl (C=O) groups excluding carboxylic acids is 1. The zero-order chi connectivity index (χ0) is 12.3. The van der Waals surface area contributed by atoms with Crippen molar-refractivity contribution in [3.8, 4) is 0 Å². The number of ether oxygens (including phenoxy) is 1. The van der Waals surface area contributed by atoms with E-state index in [0.29, 0.717) is 12.8 Å². The van der Waals surface area contributed by atoms with Gasteiger partial charge >= 0.3 is 6.09 Å². The lowest BCUT2D eigenvalue weighted by Crippen LogP contribution is -2.28. The summed E-state index contributed by atoms with van der Waals surface area (Å²) >= 11 is 0. The first-order valence-corrected chi connectivity index (χ1v) is 5.49. The van der Waals surface area contributed by atoms with Crippen LogP contribution in [0.25, 0.3) is 0 Å². The highest BCUT2D eigenvalue weighted by atomic mass is 16.6. The van der Waals surface area contributed by atoms with Gasteiger partial charge in [-0.2, -0.15) is 4.99 Å². The van der Waals surface area contributed by atoms with Gasteiger partial charge in [0.05, 0.1) is 6.10 Å². The highest BCUT2D eigenvalue weighted by Gasteiger charge is 2.29. The molecule has 0 saturated heterocycles. The Kier molecular flexibility index (Phi) is 4.04. The second-order valence-corrected chi connectivity index (χ2v) is 5.22. The van der Waals surface area contributed by atoms with E-state index in [1.165, 1.54) is 6.21 Å². The Morgan fingerprint density at radius 2 is 2.12 bits per heavy atom. The van der Waals surface area contributed by atoms with Crippen LogP contribution in [0, 0.1) is 5.92 Å². The van der Waals surface area contributed by atoms with Crippen LogP contribution in [0.1, 0.15) is 33.6 Å². The summed E-state index contributed by atoms with van der Waals surface area (Å²) in [4.78, 5) is 15.0. The Hall–Kier alpha value is -0.940. The van der Waals surface area contributed by atoms with Crippen molar-refractivity contribution in [3.05, 3.63) is 0 Å². The SMILES string of the molecule is CC(C)(C)OC(=O)/N=C/C1C[C@@H](N)[C@H](O)C1. The zero-order valence-electron chi connectivity index (χ0n) is 10.0. The van der Waals surface area contributed by atoms with Gasteiger partial charge < -0.3 is 15.6 Å². The first-order valence-electron chi connectivity index (χ1n) is 5.49. The minimum atomic E-state index is -0.595. The zero-order valence-corrected chi connectivity index (χ0v) is 10.0. The van der Waals surface area contributed by atoms with E-state index in [0.717, 1.165) is 0 Å². The summed E-state index contributed by atoms with van der Waals surface area (Å²) < 4.78 is 5.02. The molecule has 0 spiro atoms. The molecule has 1 unspecified atom stereocenters. The summed E-state index contributed by atoms with van der Waals surface area (Å²) in [5.41, 5.74) is 5.12. The topological polar surface area (TPSA) is 84.9 Å². The number of rotatable bonds is 1. The summed E-state index contributed by atoms with van der Waals surface area (Å²) in [6.45, 7) is 5.36. The van der Waals surface area contributed by atoms with Crippen LogP contribution in [-0.2, 0) is 4.74 Å². The van der Waals surface area contributed by atoms with Gasteiger partial charge in [0.1, 0.15) is 5.60 Å². The van der Waals surface area contributed by atoms with E-state index in [1.54, 1.807) is 20.8 Å². The van der Waals surface area contributed by atoms with E-state index >= 15 is 0 Å². The molecule has 1 aliphatic rings. The monoisotopic (exact) mass is 228 g/mol. The number of aliphatic hydroxyl groups excluding tert-OH is 1. The third kappa shape index (κ3) is 4.28. The van der Waals surface area contributed by atoms with Crippen LogP contribution < -0.4 is 5.73 Å². The molecular formula is C11H20N2O3. The number of amides is 1. The van der Waals surface area contributed by atoms with Gasteiger partial charge in [-0.05, 0) is 39.5 Å². The van der Waals surface area contributed by atoms with Gasteiger partial charge in [-0.25, -0.2) is 4.79 Å². The van der Waals surface area contributed by atoms with Gasteiger partial charge in [-0.1, -0.05) is 0 Å². The molecule has 0 aromatic heterocycles. The molecule has 1 amide bonds. The average Bonchev–Trinajstić information content (AvgIpc) is 2.40. The van der Waals surface area contributed by atoms with Crippen molar-refractivity contribution in [2.45, 2.75) is 51.4 Å². The summed E-state index contributed by atoms with van der Waals surface area (Å²) in [6.07, 6.45) is 1.67. The fourth-order valence-electron chi connectivity index (χ4n) is 1.66. The third-order valence-corrected chi connectivity index (χ3v) is 2.40. The van der Waals surface area contributed by atoms with Gasteiger partial charge in [0, 0.05) is 12.3 Å². The van der Waals surface area contributed by atoms with E-state index in [9.17, 15) is 9.90 Å². The van der Waals surface area contributed by atoms with E-state index in [4.69, 9.17) is 10.5 Å². The maximum Gasteiger partial charge on any atom is 0.433 e. The number of nitrogens with zero attached hydrogens (tertiary/aromatic N) is 1. The van der Waals surface area contributed by atoms with Crippen LogP contribution in [0.5, 0.6) is 0 Å². The lowest BCUT2D eigenvalue weighted by Gasteiger charge is -2.17. The quantitative estimate of drug-likeness (QED) is 0.658. The smallest absolute Gasteiger partial charge is 0.433 e. The number of hydrogen-bond acceptors (Lipinski definition) is 4. The predicted octanol–water partition coefficient (Wildman–Crippen LogP) is 1.09. The van der Waals surface area contributed by atoms with E-state index in [-0.39, 0.29) is 12.0 Å². The summed E-state index contributed by atoms with van der Waals surface area (Å²) in [5, 5.41) is 9.42. The van der Waals surface area contributed by atoms with Crippen molar-refractivity contribution in [2.24, 2.45) is 16.6 Å². The molecule has 1 fully saturated rings. The number of nitrogens with two attached hydrogens (primary N) is 1. The number of carbonyl (C=O) groups is 1. The van der Waals surface area contributed by atoms with Gasteiger partial charge in [-0.15, -0.1) is 0 Å². The molecule has 1 aliphatic carbocycles. The minimum Gasteiger partial charge on any atom is -0.442 e. The lowest BCUT2D eigenvalue weighted by molar-refractivity contribution is 0.0604. The normalized spacial score (nSPS) is 30.9. The van der Waals surface area contributed by atoms with Crippen LogP contribution in [0.4, 0.5) is 4.79 Å². The van der Waals surface area contributed by atoms with Gasteiger partial charge in [0.15, 0.2) is 0 Å². The Morgan fingerprint density at radius 1 is 1.50 bits per heavy atom. The van der Waals surface area contributed by atoms with Gasteiger partial charge in [0.25, 0.3) is 0 Å². The van der Waals surface area contributed by atoms with E-state index in [1.807, 2.05) is 0 Å². The van der Waals surface area contributed by atoms with E-state index in [2.05, 4.69) is 4.99 Å². The molecule has 5 nitrogen and oxygen atoms in total. The van der Waals surface area contributed by atoms with Crippen molar-refractivity contribution in [1.82, 2.24) is 0 Å². The molecule has 1 saturated carbocycles. The summed E-state index contributed by atoms with van der Waals surface area (Å²) in [5.74, 6) is 0.0671. The van der Waals surface area contributed by atoms with Crippen molar-refractivity contribution < 1.29 is 14.6 Å². The van der Waals surface area contributed by atoms with Crippen molar-refractivity contribution >= 4 is 12.3 Å². The highest BCUT2D eigenvalue weighted by molar-refractivity contribution is 5.80. The molecule has 0 aliphatic heterocycles. The first kappa shape index (κ1) is 13.1. The lowest BCUT2D eigenvalue weighted by atomic mass is 10.1. The Balaban J connectivity index is 2.40. The van der Waals surface area contributed by atoms with Gasteiger partial charge in [0.2, 0.25) is 0 Å². The fraction of sp³-hybridized carbons (Fsp3) is 0.818. The Labute approximate surface area is 95.7 Å². The van der Waals surface area contributed by atoms with Crippen molar-refractivity contribution in [2.75, 3.05) is 0 Å². The molecule has 0 bridgehead atoms. The highest BCUT2D eigenvalue weighted by Crippen LogP contribution is 2.23.